The van der Waals surface area contributed by atoms with E-state index in [1.807, 2.05) is 24.0 Å². The summed E-state index contributed by atoms with van der Waals surface area (Å²) in [7, 11) is 1.78. The van der Waals surface area contributed by atoms with Gasteiger partial charge in [-0.2, -0.15) is 5.10 Å². The minimum atomic E-state index is 0.326. The molecule has 2 heterocycles. The topological polar surface area (TPSA) is 63.5 Å². The van der Waals surface area contributed by atoms with Gasteiger partial charge in [-0.05, 0) is 25.3 Å². The van der Waals surface area contributed by atoms with Crippen LogP contribution in [0, 0.1) is 6.92 Å². The van der Waals surface area contributed by atoms with Crippen LogP contribution in [0.3, 0.4) is 0 Å². The molecule has 0 aliphatic carbocycles. The van der Waals surface area contributed by atoms with E-state index in [1.165, 1.54) is 5.56 Å². The number of hydrogen-bond donors (Lipinski definition) is 2. The fourth-order valence-corrected chi connectivity index (χ4v) is 2.11. The van der Waals surface area contributed by atoms with Crippen LogP contribution in [0.4, 0.5) is 0 Å². The Morgan fingerprint density at radius 1 is 1.58 bits per heavy atom. The van der Waals surface area contributed by atoms with E-state index in [9.17, 15) is 0 Å². The van der Waals surface area contributed by atoms with E-state index < -0.39 is 0 Å². The second-order valence-corrected chi connectivity index (χ2v) is 4.80. The van der Waals surface area contributed by atoms with Gasteiger partial charge in [-0.25, -0.2) is 0 Å². The van der Waals surface area contributed by atoms with Crippen molar-refractivity contribution in [2.45, 2.75) is 32.4 Å². The zero-order valence-electron chi connectivity index (χ0n) is 11.7. The predicted molar refractivity (Wildman–Crippen MR) is 75.3 cm³/mol. The minimum Gasteiger partial charge on any atom is -0.376 e. The van der Waals surface area contributed by atoms with Crippen LogP contribution in [-0.4, -0.2) is 48.6 Å². The summed E-state index contributed by atoms with van der Waals surface area (Å²) in [6, 6.07) is 0. The van der Waals surface area contributed by atoms with Crippen molar-refractivity contribution in [2.75, 3.05) is 26.7 Å². The lowest BCUT2D eigenvalue weighted by molar-refractivity contribution is 0.114. The molecule has 2 rings (SSSR count). The molecule has 1 aliphatic heterocycles. The van der Waals surface area contributed by atoms with Gasteiger partial charge in [0.2, 0.25) is 0 Å². The van der Waals surface area contributed by atoms with Gasteiger partial charge in [0.1, 0.15) is 0 Å². The lowest BCUT2D eigenvalue weighted by atomic mass is 10.2. The molecule has 1 atom stereocenters. The summed E-state index contributed by atoms with van der Waals surface area (Å²) in [6.07, 6.45) is 6.52. The number of hydrogen-bond acceptors (Lipinski definition) is 3. The van der Waals surface area contributed by atoms with Crippen LogP contribution in [0.5, 0.6) is 0 Å². The SMILES string of the molecule is CN=C(NCCn1cc(C)cn1)NCC1CCCO1. The molecule has 1 fully saturated rings. The van der Waals surface area contributed by atoms with Gasteiger partial charge in [0.05, 0.1) is 18.8 Å². The fraction of sp³-hybridized carbons (Fsp3) is 0.692. The number of nitrogens with one attached hydrogen (secondary N) is 2. The van der Waals surface area contributed by atoms with Crippen LogP contribution in [0.15, 0.2) is 17.4 Å². The predicted octanol–water partition coefficient (Wildman–Crippen LogP) is 0.536. The van der Waals surface area contributed by atoms with E-state index in [4.69, 9.17) is 4.74 Å². The molecular weight excluding hydrogens is 242 g/mol. The van der Waals surface area contributed by atoms with Gasteiger partial charge in [-0.15, -0.1) is 0 Å². The van der Waals surface area contributed by atoms with Gasteiger partial charge in [-0.3, -0.25) is 9.67 Å². The highest BCUT2D eigenvalue weighted by molar-refractivity contribution is 5.79. The van der Waals surface area contributed by atoms with E-state index in [1.54, 1.807) is 7.05 Å². The van der Waals surface area contributed by atoms with Crippen LogP contribution < -0.4 is 10.6 Å². The van der Waals surface area contributed by atoms with Gasteiger partial charge in [0.15, 0.2) is 5.96 Å². The maximum Gasteiger partial charge on any atom is 0.191 e. The molecule has 1 saturated heterocycles. The molecule has 6 heteroatoms. The molecular formula is C13H23N5O. The van der Waals surface area contributed by atoms with Crippen LogP contribution in [0.2, 0.25) is 0 Å². The van der Waals surface area contributed by atoms with Crippen molar-refractivity contribution in [2.24, 2.45) is 4.99 Å². The average molecular weight is 265 g/mol. The van der Waals surface area contributed by atoms with E-state index >= 15 is 0 Å². The lowest BCUT2D eigenvalue weighted by Gasteiger charge is -2.15. The highest BCUT2D eigenvalue weighted by Gasteiger charge is 2.15. The standard InChI is InChI=1S/C13H23N5O/c1-11-8-17-18(10-11)6-5-15-13(14-2)16-9-12-4-3-7-19-12/h8,10,12H,3-7,9H2,1-2H3,(H2,14,15,16). The molecule has 2 N–H and O–H groups in total. The average Bonchev–Trinajstić information content (AvgIpc) is 3.05. The molecule has 0 amide bonds. The summed E-state index contributed by atoms with van der Waals surface area (Å²) in [6.45, 7) is 5.37. The Morgan fingerprint density at radius 2 is 2.47 bits per heavy atom. The number of ether oxygens (including phenoxy) is 1. The molecule has 19 heavy (non-hydrogen) atoms. The van der Waals surface area contributed by atoms with Gasteiger partial charge in [0.25, 0.3) is 0 Å². The zero-order chi connectivity index (χ0) is 13.5. The third kappa shape index (κ3) is 4.55. The third-order valence-electron chi connectivity index (χ3n) is 3.14. The van der Waals surface area contributed by atoms with Crippen molar-refractivity contribution in [1.82, 2.24) is 20.4 Å². The smallest absolute Gasteiger partial charge is 0.191 e. The van der Waals surface area contributed by atoms with Crippen molar-refractivity contribution >= 4 is 5.96 Å². The first-order chi connectivity index (χ1) is 9.28. The van der Waals surface area contributed by atoms with Gasteiger partial charge in [-0.1, -0.05) is 0 Å². The number of guanidine groups is 1. The summed E-state index contributed by atoms with van der Waals surface area (Å²) in [5.74, 6) is 0.819. The van der Waals surface area contributed by atoms with Gasteiger partial charge < -0.3 is 15.4 Å². The molecule has 0 radical (unpaired) electrons. The summed E-state index contributed by atoms with van der Waals surface area (Å²) in [5, 5.41) is 10.8. The largest absolute Gasteiger partial charge is 0.376 e. The van der Waals surface area contributed by atoms with E-state index in [0.717, 1.165) is 45.0 Å². The van der Waals surface area contributed by atoms with E-state index in [2.05, 4.69) is 20.7 Å². The van der Waals surface area contributed by atoms with Crippen LogP contribution in [0.1, 0.15) is 18.4 Å². The summed E-state index contributed by atoms with van der Waals surface area (Å²) >= 11 is 0. The van der Waals surface area contributed by atoms with Crippen LogP contribution in [-0.2, 0) is 11.3 Å². The number of nitrogens with zero attached hydrogens (tertiary/aromatic N) is 3. The summed E-state index contributed by atoms with van der Waals surface area (Å²) in [5.41, 5.74) is 1.18. The Labute approximate surface area is 114 Å². The molecule has 0 saturated carbocycles. The van der Waals surface area contributed by atoms with Crippen LogP contribution >= 0.6 is 0 Å². The van der Waals surface area contributed by atoms with Crippen molar-refractivity contribution in [3.05, 3.63) is 18.0 Å². The number of rotatable bonds is 5. The fourth-order valence-electron chi connectivity index (χ4n) is 2.11. The maximum absolute atomic E-state index is 5.56. The molecule has 0 aromatic carbocycles. The lowest BCUT2D eigenvalue weighted by Crippen LogP contribution is -2.42. The quantitative estimate of drug-likeness (QED) is 0.602. The number of aryl methyl sites for hydroxylation is 1. The Balaban J connectivity index is 1.64. The monoisotopic (exact) mass is 265 g/mol. The van der Waals surface area contributed by atoms with Crippen molar-refractivity contribution < 1.29 is 4.74 Å². The Hall–Kier alpha value is -1.56. The highest BCUT2D eigenvalue weighted by atomic mass is 16.5. The zero-order valence-corrected chi connectivity index (χ0v) is 11.7. The first kappa shape index (κ1) is 13.9. The highest BCUT2D eigenvalue weighted by Crippen LogP contribution is 2.10. The summed E-state index contributed by atoms with van der Waals surface area (Å²) in [4.78, 5) is 4.19. The molecule has 1 aromatic rings. The molecule has 1 aromatic heterocycles. The normalized spacial score (nSPS) is 19.7. The Bertz CT molecular complexity index is 409. The van der Waals surface area contributed by atoms with Gasteiger partial charge >= 0.3 is 0 Å². The number of aromatic nitrogens is 2. The minimum absolute atomic E-state index is 0.326. The van der Waals surface area contributed by atoms with E-state index in [-0.39, 0.29) is 0 Å². The Morgan fingerprint density at radius 3 is 3.11 bits per heavy atom. The molecule has 0 bridgehead atoms. The Kier molecular flexibility index (Phi) is 5.20. The first-order valence-electron chi connectivity index (χ1n) is 6.83. The van der Waals surface area contributed by atoms with Crippen molar-refractivity contribution in [1.29, 1.82) is 0 Å². The summed E-state index contributed by atoms with van der Waals surface area (Å²) < 4.78 is 7.49. The van der Waals surface area contributed by atoms with E-state index in [0.29, 0.717) is 6.10 Å². The molecule has 6 nitrogen and oxygen atoms in total. The third-order valence-corrected chi connectivity index (χ3v) is 3.14. The maximum atomic E-state index is 5.56. The first-order valence-corrected chi connectivity index (χ1v) is 6.83. The van der Waals surface area contributed by atoms with Crippen molar-refractivity contribution in [3.63, 3.8) is 0 Å². The molecule has 0 spiro atoms. The van der Waals surface area contributed by atoms with Crippen molar-refractivity contribution in [3.8, 4) is 0 Å². The molecule has 106 valence electrons. The van der Waals surface area contributed by atoms with Gasteiger partial charge in [0, 0.05) is 32.9 Å². The second kappa shape index (κ2) is 7.13. The molecule has 1 unspecified atom stereocenters. The number of aliphatic imine (C=N–C) groups is 1. The second-order valence-electron chi connectivity index (χ2n) is 4.80. The molecule has 1 aliphatic rings. The van der Waals surface area contributed by atoms with Crippen LogP contribution in [0.25, 0.3) is 0 Å².